The summed E-state index contributed by atoms with van der Waals surface area (Å²) in [4.78, 5) is 14.6. The van der Waals surface area contributed by atoms with Gasteiger partial charge >= 0.3 is 6.21 Å². The Labute approximate surface area is 125 Å². The highest BCUT2D eigenvalue weighted by Crippen LogP contribution is 2.29. The van der Waals surface area contributed by atoms with Crippen molar-refractivity contribution in [2.45, 2.75) is 6.92 Å². The average molecular weight is 362 g/mol. The van der Waals surface area contributed by atoms with Crippen molar-refractivity contribution in [3.8, 4) is 11.1 Å². The first kappa shape index (κ1) is 13.6. The number of hydrogen-bond donors (Lipinski definition) is 0. The molecular weight excluding hydrogens is 351 g/mol. The maximum atomic E-state index is 11.8. The number of Topliss-reactive ketones (excluding diaryl/α,β-unsaturated/α-hetero) is 1. The molecule has 4 heteroatoms. The van der Waals surface area contributed by atoms with Crippen molar-refractivity contribution in [1.82, 2.24) is 0 Å². The molecule has 0 bridgehead atoms. The third-order valence-electron chi connectivity index (χ3n) is 2.80. The fourth-order valence-corrected chi connectivity index (χ4v) is 2.49. The second-order valence-electron chi connectivity index (χ2n) is 4.13. The number of hydrogen-bond acceptors (Lipinski definition) is 1. The largest absolute Gasteiger partial charge is 0.361 e. The van der Waals surface area contributed by atoms with E-state index >= 15 is 0 Å². The number of aryl methyl sites for hydroxylation is 1. The summed E-state index contributed by atoms with van der Waals surface area (Å²) in [7, 11) is 0. The first-order valence-electron chi connectivity index (χ1n) is 5.71. The van der Waals surface area contributed by atoms with E-state index in [2.05, 4.69) is 27.4 Å². The van der Waals surface area contributed by atoms with Gasteiger partial charge in [-0.05, 0) is 58.3 Å². The molecule has 0 spiro atoms. The topological polar surface area (TPSA) is 53.5 Å². The summed E-state index contributed by atoms with van der Waals surface area (Å²) in [5, 5.41) is 0. The predicted molar refractivity (Wildman–Crippen MR) is 83.3 cm³/mol. The molecule has 0 saturated carbocycles. The van der Waals surface area contributed by atoms with Crippen LogP contribution in [0.5, 0.6) is 0 Å². The molecule has 0 aliphatic carbocycles. The lowest BCUT2D eigenvalue weighted by molar-refractivity contribution is 0.00235. The summed E-state index contributed by atoms with van der Waals surface area (Å²) in [5.41, 5.74) is 12.1. The van der Waals surface area contributed by atoms with Crippen molar-refractivity contribution in [3.05, 3.63) is 62.7 Å². The Hall–Kier alpha value is -1.78. The van der Waals surface area contributed by atoms with Crippen molar-refractivity contribution >= 4 is 34.6 Å². The van der Waals surface area contributed by atoms with Gasteiger partial charge in [0.25, 0.3) is 5.78 Å². The van der Waals surface area contributed by atoms with Gasteiger partial charge in [-0.1, -0.05) is 30.3 Å². The van der Waals surface area contributed by atoms with Gasteiger partial charge in [-0.15, -0.1) is 0 Å². The minimum absolute atomic E-state index is 0.306. The van der Waals surface area contributed by atoms with E-state index in [1.807, 2.05) is 43.3 Å². The van der Waals surface area contributed by atoms with Crippen LogP contribution >= 0.6 is 22.6 Å². The summed E-state index contributed by atoms with van der Waals surface area (Å²) in [6.45, 7) is 1.96. The highest BCUT2D eigenvalue weighted by molar-refractivity contribution is 14.1. The van der Waals surface area contributed by atoms with Crippen molar-refractivity contribution in [3.63, 3.8) is 0 Å². The second-order valence-corrected chi connectivity index (χ2v) is 5.21. The zero-order valence-electron chi connectivity index (χ0n) is 10.3. The molecule has 0 unspecified atom stereocenters. The highest BCUT2D eigenvalue weighted by atomic mass is 127. The number of carbonyl (C=O) groups is 1. The molecule has 0 aliphatic heterocycles. The minimum Gasteiger partial charge on any atom is -0.361 e. The van der Waals surface area contributed by atoms with Gasteiger partial charge < -0.3 is 5.53 Å². The third kappa shape index (κ3) is 2.97. The summed E-state index contributed by atoms with van der Waals surface area (Å²) in [6, 6.07) is 13.5. The zero-order valence-corrected chi connectivity index (χ0v) is 12.5. The Morgan fingerprint density at radius 3 is 2.58 bits per heavy atom. The number of carbonyl (C=O) groups excluding carboxylic acids is 1. The Morgan fingerprint density at radius 2 is 1.95 bits per heavy atom. The SMILES string of the molecule is Cc1cc(C(=O)C=[N+]=[N-])cc(-c2ccccc2)c1I. The van der Waals surface area contributed by atoms with E-state index in [1.54, 1.807) is 6.07 Å². The van der Waals surface area contributed by atoms with Crippen LogP contribution in [0.2, 0.25) is 0 Å². The molecule has 0 saturated heterocycles. The van der Waals surface area contributed by atoms with Gasteiger partial charge in [0, 0.05) is 9.13 Å². The summed E-state index contributed by atoms with van der Waals surface area (Å²) in [5.74, 6) is -0.306. The number of nitrogens with zero attached hydrogens (tertiary/aromatic N) is 2. The van der Waals surface area contributed by atoms with Crippen molar-refractivity contribution in [2.24, 2.45) is 0 Å². The lowest BCUT2D eigenvalue weighted by Crippen LogP contribution is -2.03. The molecule has 3 nitrogen and oxygen atoms in total. The first-order chi connectivity index (χ1) is 9.13. The predicted octanol–water partition coefficient (Wildman–Crippen LogP) is 3.75. The molecule has 0 aliphatic rings. The number of rotatable bonds is 3. The molecule has 94 valence electrons. The molecule has 0 heterocycles. The van der Waals surface area contributed by atoms with Crippen LogP contribution in [0.1, 0.15) is 15.9 Å². The van der Waals surface area contributed by atoms with Crippen LogP contribution in [0, 0.1) is 10.5 Å². The Bertz CT molecular complexity index is 674. The molecule has 0 radical (unpaired) electrons. The van der Waals surface area contributed by atoms with Gasteiger partial charge in [-0.25, -0.2) is 0 Å². The van der Waals surface area contributed by atoms with Crippen molar-refractivity contribution in [2.75, 3.05) is 0 Å². The van der Waals surface area contributed by atoms with E-state index < -0.39 is 0 Å². The molecule has 2 aromatic rings. The second kappa shape index (κ2) is 5.91. The smallest absolute Gasteiger partial charge is 0.328 e. The number of benzene rings is 2. The number of halogens is 1. The highest BCUT2D eigenvalue weighted by Gasteiger charge is 2.13. The van der Waals surface area contributed by atoms with E-state index in [1.165, 1.54) is 0 Å². The lowest BCUT2D eigenvalue weighted by Gasteiger charge is -2.09. The fourth-order valence-electron chi connectivity index (χ4n) is 1.87. The maximum Gasteiger partial charge on any atom is 0.328 e. The first-order valence-corrected chi connectivity index (χ1v) is 6.78. The van der Waals surface area contributed by atoms with Crippen LogP contribution in [-0.2, 0) is 0 Å². The van der Waals surface area contributed by atoms with Crippen LogP contribution in [0.3, 0.4) is 0 Å². The Balaban J connectivity index is 2.61. The lowest BCUT2D eigenvalue weighted by atomic mass is 9.99. The van der Waals surface area contributed by atoms with E-state index in [0.717, 1.165) is 26.5 Å². The van der Waals surface area contributed by atoms with Crippen LogP contribution in [-0.4, -0.2) is 16.8 Å². The van der Waals surface area contributed by atoms with Crippen molar-refractivity contribution < 1.29 is 9.58 Å². The quantitative estimate of drug-likeness (QED) is 0.270. The molecule has 0 atom stereocenters. The van der Waals surface area contributed by atoms with E-state index in [4.69, 9.17) is 5.53 Å². The van der Waals surface area contributed by atoms with Crippen LogP contribution in [0.25, 0.3) is 16.7 Å². The van der Waals surface area contributed by atoms with Gasteiger partial charge in [0.1, 0.15) is 0 Å². The van der Waals surface area contributed by atoms with E-state index in [-0.39, 0.29) is 5.78 Å². The van der Waals surface area contributed by atoms with Crippen LogP contribution < -0.4 is 0 Å². The normalized spacial score (nSPS) is 9.79. The monoisotopic (exact) mass is 362 g/mol. The van der Waals surface area contributed by atoms with Gasteiger partial charge in [-0.3, -0.25) is 4.79 Å². The number of ketones is 1. The van der Waals surface area contributed by atoms with Gasteiger partial charge in [0.05, 0.1) is 0 Å². The van der Waals surface area contributed by atoms with Crippen LogP contribution in [0.15, 0.2) is 42.5 Å². The molecule has 0 amide bonds. The third-order valence-corrected chi connectivity index (χ3v) is 4.23. The summed E-state index contributed by atoms with van der Waals surface area (Å²) >= 11 is 2.28. The van der Waals surface area contributed by atoms with Crippen molar-refractivity contribution in [1.29, 1.82) is 0 Å². The average Bonchev–Trinajstić information content (AvgIpc) is 2.43. The Kier molecular flexibility index (Phi) is 4.24. The van der Waals surface area contributed by atoms with Gasteiger partial charge in [-0.2, -0.15) is 4.79 Å². The molecular formula is C15H11IN2O. The van der Waals surface area contributed by atoms with Crippen LogP contribution in [0.4, 0.5) is 0 Å². The fraction of sp³-hybridized carbons (Fsp3) is 0.0667. The molecule has 19 heavy (non-hydrogen) atoms. The maximum absolute atomic E-state index is 11.8. The molecule has 2 aromatic carbocycles. The summed E-state index contributed by atoms with van der Waals surface area (Å²) < 4.78 is 1.11. The van der Waals surface area contributed by atoms with E-state index in [0.29, 0.717) is 5.56 Å². The van der Waals surface area contributed by atoms with Gasteiger partial charge in [0.2, 0.25) is 0 Å². The van der Waals surface area contributed by atoms with Gasteiger partial charge in [0.15, 0.2) is 0 Å². The standard InChI is InChI=1S/C15H11IN2O/c1-10-7-12(14(19)9-18-17)8-13(15(10)16)11-5-3-2-4-6-11/h2-9H,1H3. The molecule has 0 N–H and O–H groups in total. The minimum atomic E-state index is -0.306. The zero-order chi connectivity index (χ0) is 13.8. The Morgan fingerprint density at radius 1 is 1.26 bits per heavy atom. The molecule has 0 aromatic heterocycles. The summed E-state index contributed by atoms with van der Waals surface area (Å²) in [6.07, 6.45) is 0.913. The van der Waals surface area contributed by atoms with E-state index in [9.17, 15) is 4.79 Å². The molecule has 0 fully saturated rings. The molecule has 2 rings (SSSR count).